The van der Waals surface area contributed by atoms with Gasteiger partial charge in [-0.2, -0.15) is 0 Å². The number of carbonyl (C=O) groups excluding carboxylic acids is 1. The van der Waals surface area contributed by atoms with Crippen LogP contribution in [-0.2, 0) is 11.4 Å². The Labute approximate surface area is 183 Å². The van der Waals surface area contributed by atoms with Crippen LogP contribution >= 0.6 is 11.3 Å². The number of ketones is 1. The maximum atomic E-state index is 13.0. The number of aromatic amines is 1. The zero-order valence-electron chi connectivity index (χ0n) is 17.8. The summed E-state index contributed by atoms with van der Waals surface area (Å²) >= 11 is 1.22. The molecule has 1 N–H and O–H groups in total. The van der Waals surface area contributed by atoms with Crippen molar-refractivity contribution in [2.24, 2.45) is 5.41 Å². The first kappa shape index (κ1) is 22.5. The molecule has 31 heavy (non-hydrogen) atoms. The van der Waals surface area contributed by atoms with Gasteiger partial charge >= 0.3 is 0 Å². The van der Waals surface area contributed by atoms with Crippen LogP contribution < -0.4 is 24.2 Å². The minimum absolute atomic E-state index is 0.0547. The van der Waals surface area contributed by atoms with E-state index in [-0.39, 0.29) is 23.8 Å². The number of benzene rings is 2. The molecule has 0 saturated carbocycles. The third kappa shape index (κ3) is 5.92. The van der Waals surface area contributed by atoms with Crippen LogP contribution in [0.3, 0.4) is 0 Å². The van der Waals surface area contributed by atoms with Crippen molar-refractivity contribution in [2.75, 3.05) is 7.11 Å². The molecule has 0 aliphatic rings. The number of methoxy groups -OCH3 is 1. The highest BCUT2D eigenvalue weighted by Crippen LogP contribution is 2.29. The predicted octanol–water partition coefficient (Wildman–Crippen LogP) is 3.39. The molecular weight excluding hydrogens is 417 g/mol. The second-order valence-electron chi connectivity index (χ2n) is 8.01. The van der Waals surface area contributed by atoms with Gasteiger partial charge in [-0.3, -0.25) is 9.59 Å². The molecule has 3 rings (SSSR count). The van der Waals surface area contributed by atoms with Gasteiger partial charge in [0, 0.05) is 11.5 Å². The maximum Gasteiger partial charge on any atom is 0.266 e. The summed E-state index contributed by atoms with van der Waals surface area (Å²) in [6.45, 7) is 5.76. The predicted molar refractivity (Wildman–Crippen MR) is 120 cm³/mol. The van der Waals surface area contributed by atoms with E-state index in [9.17, 15) is 14.0 Å². The molecule has 0 radical (unpaired) electrons. The van der Waals surface area contributed by atoms with Crippen LogP contribution in [0.5, 0.6) is 11.5 Å². The van der Waals surface area contributed by atoms with E-state index in [4.69, 9.17) is 9.47 Å². The van der Waals surface area contributed by atoms with Crippen molar-refractivity contribution in [1.29, 1.82) is 0 Å². The van der Waals surface area contributed by atoms with E-state index < -0.39 is 5.41 Å². The molecule has 0 amide bonds. The van der Waals surface area contributed by atoms with Crippen molar-refractivity contribution in [1.82, 2.24) is 4.98 Å². The second-order valence-corrected chi connectivity index (χ2v) is 9.10. The van der Waals surface area contributed by atoms with E-state index in [1.54, 1.807) is 30.3 Å². The van der Waals surface area contributed by atoms with Crippen molar-refractivity contribution in [3.05, 3.63) is 79.0 Å². The number of rotatable bonds is 6. The number of ether oxygens (including phenoxy) is 2. The van der Waals surface area contributed by atoms with E-state index in [2.05, 4.69) is 4.98 Å². The summed E-state index contributed by atoms with van der Waals surface area (Å²) in [5.41, 5.74) is 0.820. The molecule has 0 fully saturated rings. The average Bonchev–Trinajstić information content (AvgIpc) is 3.06. The minimum atomic E-state index is -0.512. The zero-order valence-corrected chi connectivity index (χ0v) is 18.6. The molecule has 0 atom stereocenters. The Kier molecular flexibility index (Phi) is 6.75. The lowest BCUT2D eigenvalue weighted by Crippen LogP contribution is -2.22. The fraction of sp³-hybridized carbons (Fsp3) is 0.250. The van der Waals surface area contributed by atoms with Gasteiger partial charge in [-0.05, 0) is 41.5 Å². The van der Waals surface area contributed by atoms with Gasteiger partial charge in [0.05, 0.1) is 16.3 Å². The van der Waals surface area contributed by atoms with E-state index in [1.807, 2.05) is 26.8 Å². The highest BCUT2D eigenvalue weighted by Gasteiger charge is 2.18. The largest absolute Gasteiger partial charge is 0.493 e. The van der Waals surface area contributed by atoms with Crippen LogP contribution in [0.4, 0.5) is 4.39 Å². The molecule has 1 heterocycles. The van der Waals surface area contributed by atoms with Crippen molar-refractivity contribution < 1.29 is 18.7 Å². The minimum Gasteiger partial charge on any atom is -0.493 e. The van der Waals surface area contributed by atoms with Gasteiger partial charge in [0.25, 0.3) is 5.56 Å². The number of aromatic nitrogens is 1. The van der Waals surface area contributed by atoms with Crippen molar-refractivity contribution in [3.8, 4) is 11.5 Å². The number of hydrogen-bond donors (Lipinski definition) is 1. The van der Waals surface area contributed by atoms with Gasteiger partial charge in [-0.15, -0.1) is 11.3 Å². The number of hydrogen-bond acceptors (Lipinski definition) is 5. The third-order valence-corrected chi connectivity index (χ3v) is 5.44. The van der Waals surface area contributed by atoms with Crippen molar-refractivity contribution in [3.63, 3.8) is 0 Å². The lowest BCUT2D eigenvalue weighted by Gasteiger charge is -2.12. The summed E-state index contributed by atoms with van der Waals surface area (Å²) in [5, 5.41) is 0. The monoisotopic (exact) mass is 441 g/mol. The van der Waals surface area contributed by atoms with Crippen LogP contribution in [0, 0.1) is 11.2 Å². The molecular formula is C24H24FNO4S. The molecule has 3 aromatic rings. The van der Waals surface area contributed by atoms with Gasteiger partial charge in [0.2, 0.25) is 0 Å². The Hall–Kier alpha value is -3.19. The lowest BCUT2D eigenvalue weighted by atomic mass is 9.91. The standard InChI is InChI=1S/C24H24FNO4S/c1-24(2,3)21(27)13-22-26-23(28)20(31-22)12-16-7-10-18(19(11-16)29-4)30-14-15-5-8-17(25)9-6-15/h5-13H,14H2,1-4H3,(H,26,28)/b20-12-,22-13-. The number of nitrogens with one attached hydrogen (secondary N) is 1. The molecule has 0 bridgehead atoms. The first-order chi connectivity index (χ1) is 14.7. The Morgan fingerprint density at radius 2 is 1.84 bits per heavy atom. The SMILES string of the molecule is COc1cc(/C=c2\s/c(=C\C(=O)C(C)(C)C)[nH]c2=O)ccc1OCc1ccc(F)cc1. The van der Waals surface area contributed by atoms with Gasteiger partial charge in [-0.25, -0.2) is 4.39 Å². The molecule has 5 nitrogen and oxygen atoms in total. The Balaban J connectivity index is 1.85. The highest BCUT2D eigenvalue weighted by atomic mass is 32.1. The Morgan fingerprint density at radius 1 is 1.13 bits per heavy atom. The van der Waals surface area contributed by atoms with Gasteiger partial charge in [-0.1, -0.05) is 39.0 Å². The second kappa shape index (κ2) is 9.31. The van der Waals surface area contributed by atoms with E-state index in [0.29, 0.717) is 20.7 Å². The van der Waals surface area contributed by atoms with Crippen LogP contribution in [0.1, 0.15) is 31.9 Å². The number of Topliss-reactive ketones (excluding diaryl/α,β-unsaturated/α-hetero) is 1. The maximum absolute atomic E-state index is 13.0. The molecule has 0 saturated heterocycles. The number of carbonyl (C=O) groups is 1. The summed E-state index contributed by atoms with van der Waals surface area (Å²) < 4.78 is 25.2. The Morgan fingerprint density at radius 3 is 2.48 bits per heavy atom. The molecule has 2 aromatic carbocycles. The summed E-state index contributed by atoms with van der Waals surface area (Å²) in [7, 11) is 1.53. The van der Waals surface area contributed by atoms with Crippen LogP contribution in [0.25, 0.3) is 12.2 Å². The summed E-state index contributed by atoms with van der Waals surface area (Å²) in [6.07, 6.45) is 3.20. The number of thiazole rings is 1. The quantitative estimate of drug-likeness (QED) is 0.637. The van der Waals surface area contributed by atoms with E-state index >= 15 is 0 Å². The van der Waals surface area contributed by atoms with Crippen LogP contribution in [0.15, 0.2) is 47.3 Å². The molecule has 0 aliphatic heterocycles. The number of halogens is 1. The highest BCUT2D eigenvalue weighted by molar-refractivity contribution is 7.07. The Bertz CT molecular complexity index is 1250. The first-order valence-electron chi connectivity index (χ1n) is 9.68. The van der Waals surface area contributed by atoms with Gasteiger partial charge in [0.15, 0.2) is 17.3 Å². The molecule has 0 unspecified atom stereocenters. The van der Waals surface area contributed by atoms with Crippen LogP contribution in [0.2, 0.25) is 0 Å². The normalized spacial score (nSPS) is 12.8. The van der Waals surface area contributed by atoms with E-state index in [1.165, 1.54) is 36.7 Å². The topological polar surface area (TPSA) is 68.4 Å². The summed E-state index contributed by atoms with van der Waals surface area (Å²) in [5.74, 6) is 0.696. The fourth-order valence-electron chi connectivity index (χ4n) is 2.65. The van der Waals surface area contributed by atoms with Crippen molar-refractivity contribution >= 4 is 29.3 Å². The zero-order chi connectivity index (χ0) is 22.6. The van der Waals surface area contributed by atoms with E-state index in [0.717, 1.165) is 11.1 Å². The van der Waals surface area contributed by atoms with Gasteiger partial charge in [0.1, 0.15) is 12.4 Å². The average molecular weight is 442 g/mol. The number of H-pyrrole nitrogens is 1. The molecule has 1 aromatic heterocycles. The first-order valence-corrected chi connectivity index (χ1v) is 10.5. The molecule has 7 heteroatoms. The molecule has 162 valence electrons. The smallest absolute Gasteiger partial charge is 0.266 e. The molecule has 0 spiro atoms. The van der Waals surface area contributed by atoms with Crippen molar-refractivity contribution in [2.45, 2.75) is 27.4 Å². The van der Waals surface area contributed by atoms with Crippen LogP contribution in [-0.4, -0.2) is 17.9 Å². The summed E-state index contributed by atoms with van der Waals surface area (Å²) in [4.78, 5) is 27.2. The third-order valence-electron chi connectivity index (χ3n) is 4.47. The lowest BCUT2D eigenvalue weighted by molar-refractivity contribution is -0.119. The fourth-order valence-corrected chi connectivity index (χ4v) is 3.53. The summed E-state index contributed by atoms with van der Waals surface area (Å²) in [6, 6.07) is 11.4. The van der Waals surface area contributed by atoms with Gasteiger partial charge < -0.3 is 14.5 Å². The molecule has 0 aliphatic carbocycles.